The molecule has 5 heteroatoms. The number of amides is 1. The monoisotopic (exact) mass is 348 g/mol. The first-order valence-corrected chi connectivity index (χ1v) is 9.44. The van der Waals surface area contributed by atoms with E-state index in [1.54, 1.807) is 0 Å². The van der Waals surface area contributed by atoms with Crippen molar-refractivity contribution in [1.29, 1.82) is 0 Å². The molecule has 26 heavy (non-hydrogen) atoms. The number of likely N-dealkylation sites (tertiary alicyclic amines) is 1. The SMILES string of the molecule is CCn1c2ccccc2c2cc(NC(=O)CN3CC4C(N)C4C3)ccc21. The van der Waals surface area contributed by atoms with E-state index in [-0.39, 0.29) is 5.91 Å². The molecular formula is C21H24N4O. The van der Waals surface area contributed by atoms with Gasteiger partial charge in [0.05, 0.1) is 6.54 Å². The lowest BCUT2D eigenvalue weighted by Gasteiger charge is -2.18. The summed E-state index contributed by atoms with van der Waals surface area (Å²) in [7, 11) is 0. The summed E-state index contributed by atoms with van der Waals surface area (Å²) >= 11 is 0. The normalized spacial score (nSPS) is 24.9. The van der Waals surface area contributed by atoms with Crippen molar-refractivity contribution < 1.29 is 4.79 Å². The summed E-state index contributed by atoms with van der Waals surface area (Å²) in [5, 5.41) is 5.49. The molecule has 2 aliphatic rings. The minimum Gasteiger partial charge on any atom is -0.341 e. The molecule has 2 aromatic carbocycles. The minimum atomic E-state index is 0.0541. The van der Waals surface area contributed by atoms with Crippen LogP contribution in [0, 0.1) is 11.8 Å². The van der Waals surface area contributed by atoms with Crippen LogP contribution in [-0.4, -0.2) is 41.1 Å². The van der Waals surface area contributed by atoms with Gasteiger partial charge in [-0.1, -0.05) is 18.2 Å². The third kappa shape index (κ3) is 2.42. The van der Waals surface area contributed by atoms with Gasteiger partial charge in [-0.2, -0.15) is 0 Å². The maximum Gasteiger partial charge on any atom is 0.238 e. The van der Waals surface area contributed by atoms with Crippen molar-refractivity contribution in [2.75, 3.05) is 25.0 Å². The summed E-state index contributed by atoms with van der Waals surface area (Å²) in [4.78, 5) is 14.7. The fourth-order valence-electron chi connectivity index (χ4n) is 4.66. The number of rotatable bonds is 4. The van der Waals surface area contributed by atoms with Crippen molar-refractivity contribution >= 4 is 33.4 Å². The molecule has 2 unspecified atom stereocenters. The van der Waals surface area contributed by atoms with Crippen LogP contribution in [0.15, 0.2) is 42.5 Å². The lowest BCUT2D eigenvalue weighted by atomic mass is 10.1. The van der Waals surface area contributed by atoms with E-state index in [0.29, 0.717) is 24.4 Å². The summed E-state index contributed by atoms with van der Waals surface area (Å²) in [6.07, 6.45) is 0. The van der Waals surface area contributed by atoms with Crippen LogP contribution in [0.4, 0.5) is 5.69 Å². The number of hydrogen-bond acceptors (Lipinski definition) is 3. The number of benzene rings is 2. The van der Waals surface area contributed by atoms with Gasteiger partial charge >= 0.3 is 0 Å². The second-order valence-electron chi connectivity index (χ2n) is 7.64. The minimum absolute atomic E-state index is 0.0541. The molecule has 0 bridgehead atoms. The fourth-order valence-corrected chi connectivity index (χ4v) is 4.66. The first-order chi connectivity index (χ1) is 12.7. The highest BCUT2D eigenvalue weighted by Crippen LogP contribution is 2.43. The van der Waals surface area contributed by atoms with Gasteiger partial charge in [0, 0.05) is 53.2 Å². The number of hydrogen-bond donors (Lipinski definition) is 2. The lowest BCUT2D eigenvalue weighted by molar-refractivity contribution is -0.117. The molecule has 2 heterocycles. The molecule has 1 amide bonds. The van der Waals surface area contributed by atoms with Crippen LogP contribution < -0.4 is 11.1 Å². The van der Waals surface area contributed by atoms with E-state index in [9.17, 15) is 4.79 Å². The Kier molecular flexibility index (Phi) is 3.55. The largest absolute Gasteiger partial charge is 0.341 e. The maximum atomic E-state index is 12.4. The van der Waals surface area contributed by atoms with Crippen molar-refractivity contribution in [1.82, 2.24) is 9.47 Å². The van der Waals surface area contributed by atoms with Crippen LogP contribution in [0.2, 0.25) is 0 Å². The summed E-state index contributed by atoms with van der Waals surface area (Å²) < 4.78 is 2.32. The Hall–Kier alpha value is -2.37. The summed E-state index contributed by atoms with van der Waals surface area (Å²) in [5.74, 6) is 1.28. The van der Waals surface area contributed by atoms with Gasteiger partial charge in [0.25, 0.3) is 0 Å². The Bertz CT molecular complexity index is 996. The molecule has 2 fully saturated rings. The molecule has 2 atom stereocenters. The molecule has 3 N–H and O–H groups in total. The van der Waals surface area contributed by atoms with Gasteiger partial charge in [-0.15, -0.1) is 0 Å². The number of nitrogens with zero attached hydrogens (tertiary/aromatic N) is 2. The van der Waals surface area contributed by atoms with Crippen LogP contribution in [0.1, 0.15) is 6.92 Å². The average Bonchev–Trinajstić information content (AvgIpc) is 3.00. The van der Waals surface area contributed by atoms with Gasteiger partial charge in [-0.25, -0.2) is 0 Å². The first-order valence-electron chi connectivity index (χ1n) is 9.44. The van der Waals surface area contributed by atoms with Crippen LogP contribution in [-0.2, 0) is 11.3 Å². The fraction of sp³-hybridized carbons (Fsp3) is 0.381. The number of carbonyl (C=O) groups excluding carboxylic acids is 1. The van der Waals surface area contributed by atoms with Gasteiger partial charge in [-0.05, 0) is 43.0 Å². The van der Waals surface area contributed by atoms with Crippen molar-refractivity contribution in [2.45, 2.75) is 19.5 Å². The zero-order chi connectivity index (χ0) is 17.8. The average molecular weight is 348 g/mol. The van der Waals surface area contributed by atoms with Gasteiger partial charge in [0.15, 0.2) is 0 Å². The maximum absolute atomic E-state index is 12.4. The first kappa shape index (κ1) is 15.9. The van der Waals surface area contributed by atoms with Crippen LogP contribution in [0.25, 0.3) is 21.8 Å². The number of anilines is 1. The van der Waals surface area contributed by atoms with E-state index in [1.165, 1.54) is 21.8 Å². The van der Waals surface area contributed by atoms with Gasteiger partial charge in [-0.3, -0.25) is 9.69 Å². The number of aromatic nitrogens is 1. The van der Waals surface area contributed by atoms with E-state index in [0.717, 1.165) is 25.3 Å². The molecule has 1 aromatic heterocycles. The van der Waals surface area contributed by atoms with Crippen molar-refractivity contribution in [3.8, 4) is 0 Å². The smallest absolute Gasteiger partial charge is 0.238 e. The number of nitrogens with two attached hydrogens (primary N) is 1. The van der Waals surface area contributed by atoms with E-state index in [4.69, 9.17) is 5.73 Å². The van der Waals surface area contributed by atoms with E-state index in [1.807, 2.05) is 6.07 Å². The Labute approximate surface area is 152 Å². The molecule has 1 aliphatic heterocycles. The van der Waals surface area contributed by atoms with Crippen LogP contribution in [0.5, 0.6) is 0 Å². The number of piperidine rings is 1. The van der Waals surface area contributed by atoms with E-state index in [2.05, 4.69) is 58.1 Å². The topological polar surface area (TPSA) is 63.3 Å². The van der Waals surface area contributed by atoms with Crippen LogP contribution in [0.3, 0.4) is 0 Å². The molecular weight excluding hydrogens is 324 g/mol. The Morgan fingerprint density at radius 3 is 2.62 bits per heavy atom. The van der Waals surface area contributed by atoms with Gasteiger partial charge in [0.1, 0.15) is 0 Å². The summed E-state index contributed by atoms with van der Waals surface area (Å²) in [5.41, 5.74) is 9.28. The highest BCUT2D eigenvalue weighted by atomic mass is 16.2. The zero-order valence-electron chi connectivity index (χ0n) is 15.0. The predicted octanol–water partition coefficient (Wildman–Crippen LogP) is 2.64. The Morgan fingerprint density at radius 1 is 1.12 bits per heavy atom. The number of carbonyl (C=O) groups is 1. The highest BCUT2D eigenvalue weighted by molar-refractivity contribution is 6.09. The van der Waals surface area contributed by atoms with Gasteiger partial charge < -0.3 is 15.6 Å². The quantitative estimate of drug-likeness (QED) is 0.762. The second-order valence-corrected chi connectivity index (χ2v) is 7.64. The van der Waals surface area contributed by atoms with Crippen molar-refractivity contribution in [3.63, 3.8) is 0 Å². The number of para-hydroxylation sites is 1. The molecule has 134 valence electrons. The third-order valence-electron chi connectivity index (χ3n) is 6.08. The molecule has 5 rings (SSSR count). The number of fused-ring (bicyclic) bond motifs is 4. The molecule has 3 aromatic rings. The molecule has 1 saturated heterocycles. The van der Waals surface area contributed by atoms with E-state index >= 15 is 0 Å². The molecule has 5 nitrogen and oxygen atoms in total. The van der Waals surface area contributed by atoms with Crippen LogP contribution >= 0.6 is 0 Å². The summed E-state index contributed by atoms with van der Waals surface area (Å²) in [6, 6.07) is 15.0. The van der Waals surface area contributed by atoms with Gasteiger partial charge in [0.2, 0.25) is 5.91 Å². The molecule has 1 aliphatic carbocycles. The van der Waals surface area contributed by atoms with E-state index < -0.39 is 0 Å². The molecule has 0 spiro atoms. The second kappa shape index (κ2) is 5.83. The lowest BCUT2D eigenvalue weighted by Crippen LogP contribution is -2.35. The highest BCUT2D eigenvalue weighted by Gasteiger charge is 2.53. The molecule has 1 saturated carbocycles. The van der Waals surface area contributed by atoms with Crippen molar-refractivity contribution in [2.24, 2.45) is 17.6 Å². The standard InChI is InChI=1S/C21H24N4O/c1-2-25-18-6-4-3-5-14(18)15-9-13(7-8-19(15)25)23-20(26)12-24-10-16-17(11-24)21(16)22/h3-9,16-17,21H,2,10-12,22H2,1H3,(H,23,26). The number of aryl methyl sites for hydroxylation is 1. The predicted molar refractivity (Wildman–Crippen MR) is 105 cm³/mol. The van der Waals surface area contributed by atoms with Crippen molar-refractivity contribution in [3.05, 3.63) is 42.5 Å². The Morgan fingerprint density at radius 2 is 1.85 bits per heavy atom. The number of nitrogens with one attached hydrogen (secondary N) is 1. The zero-order valence-corrected chi connectivity index (χ0v) is 15.0. The Balaban J connectivity index is 1.38. The third-order valence-corrected chi connectivity index (χ3v) is 6.08. The molecule has 0 radical (unpaired) electrons. The summed E-state index contributed by atoms with van der Waals surface area (Å²) in [6.45, 7) is 5.46.